The SMILES string of the molecule is COCCC(NC(=O)NCC1(C)CCCC1)C(=O)O. The summed E-state index contributed by atoms with van der Waals surface area (Å²) >= 11 is 0. The van der Waals surface area contributed by atoms with Crippen LogP contribution in [0.25, 0.3) is 0 Å². The summed E-state index contributed by atoms with van der Waals surface area (Å²) in [6, 6.07) is -1.33. The van der Waals surface area contributed by atoms with E-state index in [1.165, 1.54) is 20.0 Å². The van der Waals surface area contributed by atoms with Gasteiger partial charge in [0, 0.05) is 26.7 Å². The lowest BCUT2D eigenvalue weighted by Gasteiger charge is -2.24. The fourth-order valence-electron chi connectivity index (χ4n) is 2.40. The van der Waals surface area contributed by atoms with E-state index in [9.17, 15) is 9.59 Å². The molecule has 1 fully saturated rings. The van der Waals surface area contributed by atoms with Crippen molar-refractivity contribution < 1.29 is 19.4 Å². The van der Waals surface area contributed by atoms with E-state index in [1.54, 1.807) is 0 Å². The van der Waals surface area contributed by atoms with Gasteiger partial charge in [0.2, 0.25) is 0 Å². The van der Waals surface area contributed by atoms with E-state index in [4.69, 9.17) is 9.84 Å². The Morgan fingerprint density at radius 3 is 2.53 bits per heavy atom. The molecule has 110 valence electrons. The fourth-order valence-corrected chi connectivity index (χ4v) is 2.40. The van der Waals surface area contributed by atoms with Gasteiger partial charge in [0.15, 0.2) is 0 Å². The molecular weight excluding hydrogens is 248 g/mol. The first-order valence-corrected chi connectivity index (χ1v) is 6.73. The van der Waals surface area contributed by atoms with E-state index in [-0.39, 0.29) is 11.8 Å². The van der Waals surface area contributed by atoms with E-state index >= 15 is 0 Å². The number of nitrogens with one attached hydrogen (secondary N) is 2. The number of ether oxygens (including phenoxy) is 1. The molecular formula is C13H24N2O4. The van der Waals surface area contributed by atoms with Crippen LogP contribution in [0.4, 0.5) is 4.79 Å². The number of carboxylic acid groups (broad SMARTS) is 1. The van der Waals surface area contributed by atoms with Gasteiger partial charge in [0.25, 0.3) is 0 Å². The van der Waals surface area contributed by atoms with Crippen LogP contribution < -0.4 is 10.6 Å². The monoisotopic (exact) mass is 272 g/mol. The molecule has 0 aromatic heterocycles. The highest BCUT2D eigenvalue weighted by atomic mass is 16.5. The van der Waals surface area contributed by atoms with Gasteiger partial charge >= 0.3 is 12.0 Å². The molecule has 1 aliphatic rings. The molecule has 1 saturated carbocycles. The van der Waals surface area contributed by atoms with Crippen LogP contribution in [-0.4, -0.2) is 43.4 Å². The highest BCUT2D eigenvalue weighted by molar-refractivity contribution is 5.82. The van der Waals surface area contributed by atoms with Crippen molar-refractivity contribution in [3.8, 4) is 0 Å². The van der Waals surface area contributed by atoms with E-state index in [0.29, 0.717) is 13.2 Å². The van der Waals surface area contributed by atoms with Crippen LogP contribution in [0.1, 0.15) is 39.0 Å². The summed E-state index contributed by atoms with van der Waals surface area (Å²) in [7, 11) is 1.50. The van der Waals surface area contributed by atoms with E-state index < -0.39 is 18.0 Å². The molecule has 0 saturated heterocycles. The van der Waals surface area contributed by atoms with Crippen molar-refractivity contribution in [2.75, 3.05) is 20.3 Å². The lowest BCUT2D eigenvalue weighted by Crippen LogP contribution is -2.48. The molecule has 6 heteroatoms. The Morgan fingerprint density at radius 1 is 1.37 bits per heavy atom. The molecule has 6 nitrogen and oxygen atoms in total. The van der Waals surface area contributed by atoms with Gasteiger partial charge in [0.05, 0.1) is 0 Å². The number of hydrogen-bond donors (Lipinski definition) is 3. The number of amides is 2. The Kier molecular flexibility index (Phi) is 6.08. The molecule has 0 heterocycles. The number of carboxylic acids is 1. The van der Waals surface area contributed by atoms with Crippen molar-refractivity contribution in [3.05, 3.63) is 0 Å². The molecule has 3 N–H and O–H groups in total. The summed E-state index contributed by atoms with van der Waals surface area (Å²) in [5, 5.41) is 14.2. The predicted octanol–water partition coefficient (Wildman–Crippen LogP) is 1.36. The third kappa shape index (κ3) is 5.46. The summed E-state index contributed by atoms with van der Waals surface area (Å²) in [5.41, 5.74) is 0.155. The maximum absolute atomic E-state index is 11.7. The zero-order valence-corrected chi connectivity index (χ0v) is 11.7. The Bertz CT molecular complexity index is 314. The van der Waals surface area contributed by atoms with Crippen LogP contribution in [0.2, 0.25) is 0 Å². The Balaban J connectivity index is 2.33. The molecule has 2 amide bonds. The molecule has 0 aromatic carbocycles. The van der Waals surface area contributed by atoms with Gasteiger partial charge < -0.3 is 20.5 Å². The second-order valence-corrected chi connectivity index (χ2v) is 5.52. The van der Waals surface area contributed by atoms with E-state index in [0.717, 1.165) is 12.8 Å². The largest absolute Gasteiger partial charge is 0.480 e. The molecule has 1 rings (SSSR count). The highest BCUT2D eigenvalue weighted by Crippen LogP contribution is 2.36. The number of rotatable bonds is 7. The first-order chi connectivity index (χ1) is 8.97. The highest BCUT2D eigenvalue weighted by Gasteiger charge is 2.29. The van der Waals surface area contributed by atoms with Gasteiger partial charge in [-0.25, -0.2) is 9.59 Å². The second kappa shape index (κ2) is 7.33. The molecule has 0 aliphatic heterocycles. The van der Waals surface area contributed by atoms with Gasteiger partial charge in [-0.1, -0.05) is 19.8 Å². The van der Waals surface area contributed by atoms with E-state index in [1.807, 2.05) is 0 Å². The Labute approximate surface area is 113 Å². The van der Waals surface area contributed by atoms with Gasteiger partial charge in [-0.05, 0) is 18.3 Å². The maximum Gasteiger partial charge on any atom is 0.326 e. The summed E-state index contributed by atoms with van der Waals surface area (Å²) < 4.78 is 4.83. The summed E-state index contributed by atoms with van der Waals surface area (Å²) in [5.74, 6) is -1.04. The Hall–Kier alpha value is -1.30. The van der Waals surface area contributed by atoms with Crippen molar-refractivity contribution in [2.45, 2.75) is 45.1 Å². The number of carbonyl (C=O) groups is 2. The number of methoxy groups -OCH3 is 1. The minimum Gasteiger partial charge on any atom is -0.480 e. The van der Waals surface area contributed by atoms with Gasteiger partial charge in [-0.2, -0.15) is 0 Å². The fraction of sp³-hybridized carbons (Fsp3) is 0.846. The Morgan fingerprint density at radius 2 is 2.00 bits per heavy atom. The zero-order valence-electron chi connectivity index (χ0n) is 11.7. The summed E-state index contributed by atoms with van der Waals surface area (Å²) in [6.07, 6.45) is 4.88. The van der Waals surface area contributed by atoms with Gasteiger partial charge in [-0.3, -0.25) is 0 Å². The first-order valence-electron chi connectivity index (χ1n) is 6.73. The molecule has 1 unspecified atom stereocenters. The smallest absolute Gasteiger partial charge is 0.326 e. The van der Waals surface area contributed by atoms with Crippen molar-refractivity contribution >= 4 is 12.0 Å². The van der Waals surface area contributed by atoms with Crippen LogP contribution in [0.3, 0.4) is 0 Å². The molecule has 1 atom stereocenters. The second-order valence-electron chi connectivity index (χ2n) is 5.52. The number of hydrogen-bond acceptors (Lipinski definition) is 3. The van der Waals surface area contributed by atoms with Crippen LogP contribution in [-0.2, 0) is 9.53 Å². The van der Waals surface area contributed by atoms with Gasteiger partial charge in [-0.15, -0.1) is 0 Å². The lowest BCUT2D eigenvalue weighted by atomic mass is 9.89. The van der Waals surface area contributed by atoms with Crippen LogP contribution >= 0.6 is 0 Å². The van der Waals surface area contributed by atoms with Crippen molar-refractivity contribution in [3.63, 3.8) is 0 Å². The molecule has 0 radical (unpaired) electrons. The summed E-state index contributed by atoms with van der Waals surface area (Å²) in [6.45, 7) is 3.05. The average Bonchev–Trinajstić information content (AvgIpc) is 2.79. The standard InChI is InChI=1S/C13H24N2O4/c1-13(6-3-4-7-13)9-14-12(18)15-10(11(16)17)5-8-19-2/h10H,3-9H2,1-2H3,(H,16,17)(H2,14,15,18). The van der Waals surface area contributed by atoms with Gasteiger partial charge in [0.1, 0.15) is 6.04 Å². The molecule has 0 aromatic rings. The number of urea groups is 1. The summed E-state index contributed by atoms with van der Waals surface area (Å²) in [4.78, 5) is 22.7. The minimum atomic E-state index is -1.04. The van der Waals surface area contributed by atoms with Crippen molar-refractivity contribution in [1.29, 1.82) is 0 Å². The van der Waals surface area contributed by atoms with Crippen LogP contribution in [0.5, 0.6) is 0 Å². The van der Waals surface area contributed by atoms with Crippen molar-refractivity contribution in [2.24, 2.45) is 5.41 Å². The third-order valence-electron chi connectivity index (χ3n) is 3.70. The maximum atomic E-state index is 11.7. The molecule has 0 bridgehead atoms. The quantitative estimate of drug-likeness (QED) is 0.653. The number of aliphatic carboxylic acids is 1. The van der Waals surface area contributed by atoms with Crippen molar-refractivity contribution in [1.82, 2.24) is 10.6 Å². The predicted molar refractivity (Wildman–Crippen MR) is 71.0 cm³/mol. The lowest BCUT2D eigenvalue weighted by molar-refractivity contribution is -0.139. The van der Waals surface area contributed by atoms with Crippen LogP contribution in [0, 0.1) is 5.41 Å². The van der Waals surface area contributed by atoms with E-state index in [2.05, 4.69) is 17.6 Å². The molecule has 19 heavy (non-hydrogen) atoms. The number of carbonyl (C=O) groups excluding carboxylic acids is 1. The normalized spacial score (nSPS) is 18.8. The third-order valence-corrected chi connectivity index (χ3v) is 3.70. The molecule has 0 spiro atoms. The first kappa shape index (κ1) is 15.8. The zero-order chi connectivity index (χ0) is 14.3. The molecule has 1 aliphatic carbocycles. The average molecular weight is 272 g/mol. The van der Waals surface area contributed by atoms with Crippen LogP contribution in [0.15, 0.2) is 0 Å². The minimum absolute atomic E-state index is 0.155. The topological polar surface area (TPSA) is 87.7 Å².